The number of rotatable bonds is 8. The molecule has 31 heavy (non-hydrogen) atoms. The molecule has 0 saturated carbocycles. The van der Waals surface area contributed by atoms with Crippen LogP contribution in [0.3, 0.4) is 0 Å². The summed E-state index contributed by atoms with van der Waals surface area (Å²) in [7, 11) is 1.50. The van der Waals surface area contributed by atoms with Crippen LogP contribution in [0, 0.1) is 0 Å². The quantitative estimate of drug-likeness (QED) is 0.509. The predicted molar refractivity (Wildman–Crippen MR) is 108 cm³/mol. The van der Waals surface area contributed by atoms with Crippen LogP contribution in [0.2, 0.25) is 0 Å². The highest BCUT2D eigenvalue weighted by molar-refractivity contribution is 6.07. The summed E-state index contributed by atoms with van der Waals surface area (Å²) < 4.78 is 39.7. The first-order valence-electron chi connectivity index (χ1n) is 9.35. The fraction of sp³-hybridized carbons (Fsp3) is 0.286. The van der Waals surface area contributed by atoms with Gasteiger partial charge in [-0.15, -0.1) is 5.01 Å². The molecule has 164 valence electrons. The van der Waals surface area contributed by atoms with Gasteiger partial charge < -0.3 is 19.5 Å². The van der Waals surface area contributed by atoms with E-state index in [1.807, 2.05) is 6.92 Å². The maximum absolute atomic E-state index is 12.9. The zero-order valence-corrected chi connectivity index (χ0v) is 17.1. The Hall–Kier alpha value is -3.69. The van der Waals surface area contributed by atoms with Gasteiger partial charge in [-0.3, -0.25) is 4.79 Å². The van der Waals surface area contributed by atoms with E-state index in [1.54, 1.807) is 18.2 Å². The normalized spacial score (nSPS) is 18.6. The van der Waals surface area contributed by atoms with Crippen molar-refractivity contribution in [3.8, 4) is 17.2 Å². The Morgan fingerprint density at radius 2 is 1.87 bits per heavy atom. The number of hydrogen-bond donors (Lipinski definition) is 1. The average molecular weight is 433 g/mol. The van der Waals surface area contributed by atoms with Crippen molar-refractivity contribution in [3.05, 3.63) is 53.6 Å². The molecule has 0 unspecified atom stereocenters. The highest BCUT2D eigenvalue weighted by atomic mass is 19.3. The van der Waals surface area contributed by atoms with Crippen molar-refractivity contribution in [3.63, 3.8) is 0 Å². The van der Waals surface area contributed by atoms with Crippen molar-refractivity contribution < 1.29 is 32.6 Å². The molecule has 0 bridgehead atoms. The van der Waals surface area contributed by atoms with E-state index < -0.39 is 24.1 Å². The first-order chi connectivity index (χ1) is 14.8. The summed E-state index contributed by atoms with van der Waals surface area (Å²) in [4.78, 5) is 25.3. The van der Waals surface area contributed by atoms with Crippen molar-refractivity contribution in [1.82, 2.24) is 10.3 Å². The van der Waals surface area contributed by atoms with E-state index >= 15 is 0 Å². The highest BCUT2D eigenvalue weighted by Crippen LogP contribution is 2.31. The van der Waals surface area contributed by atoms with E-state index in [-0.39, 0.29) is 5.75 Å². The van der Waals surface area contributed by atoms with E-state index in [0.29, 0.717) is 34.2 Å². The molecule has 1 heterocycles. The van der Waals surface area contributed by atoms with Crippen LogP contribution < -0.4 is 19.5 Å². The van der Waals surface area contributed by atoms with Gasteiger partial charge in [0, 0.05) is 0 Å². The number of methoxy groups -OCH3 is 1. The Balaban J connectivity index is 1.80. The van der Waals surface area contributed by atoms with E-state index in [1.165, 1.54) is 44.5 Å². The fourth-order valence-electron chi connectivity index (χ4n) is 3.06. The Labute approximate surface area is 177 Å². The first-order valence-corrected chi connectivity index (χ1v) is 9.35. The number of carbonyl (C=O) groups excluding carboxylic acids is 2. The molecule has 1 N–H and O–H groups in total. The Bertz CT molecular complexity index is 997. The molecule has 10 heteroatoms. The average Bonchev–Trinajstić information content (AvgIpc) is 2.96. The molecule has 0 aromatic heterocycles. The van der Waals surface area contributed by atoms with Crippen LogP contribution in [-0.2, 0) is 10.3 Å². The highest BCUT2D eigenvalue weighted by Gasteiger charge is 2.49. The minimum atomic E-state index is -2.96. The number of benzene rings is 2. The minimum absolute atomic E-state index is 0.0570. The van der Waals surface area contributed by atoms with Gasteiger partial charge in [-0.1, -0.05) is 12.1 Å². The third-order valence-electron chi connectivity index (χ3n) is 4.64. The number of imide groups is 1. The topological polar surface area (TPSA) is 89.5 Å². The van der Waals surface area contributed by atoms with Crippen molar-refractivity contribution in [1.29, 1.82) is 0 Å². The van der Waals surface area contributed by atoms with Gasteiger partial charge in [-0.05, 0) is 55.3 Å². The molecule has 1 fully saturated rings. The van der Waals surface area contributed by atoms with Gasteiger partial charge in [0.05, 0.1) is 19.9 Å². The second-order valence-corrected chi connectivity index (χ2v) is 6.66. The number of carbonyl (C=O) groups is 2. The molecule has 1 atom stereocenters. The molecule has 1 saturated heterocycles. The monoisotopic (exact) mass is 433 g/mol. The second-order valence-electron chi connectivity index (χ2n) is 6.66. The molecule has 3 amide bonds. The number of hydrazone groups is 1. The number of halogens is 2. The van der Waals surface area contributed by atoms with Crippen LogP contribution in [0.1, 0.15) is 25.0 Å². The molecule has 2 aromatic carbocycles. The third-order valence-corrected chi connectivity index (χ3v) is 4.64. The van der Waals surface area contributed by atoms with Gasteiger partial charge in [0.1, 0.15) is 11.3 Å². The summed E-state index contributed by atoms with van der Waals surface area (Å²) in [6.45, 7) is 0.870. The standard InChI is InChI=1S/C21H21F2N3O5/c1-4-30-16-10-5-13(11-17(16)29-3)12-24-26-18(27)21(2,25-20(26)28)14-6-8-15(9-7-14)31-19(22)23/h5-12,19H,4H2,1-3H3,(H,25,28)/b24-12-/t21-/m0/s1. The summed E-state index contributed by atoms with van der Waals surface area (Å²) >= 11 is 0. The van der Waals surface area contributed by atoms with E-state index in [0.717, 1.165) is 0 Å². The van der Waals surface area contributed by atoms with Crippen LogP contribution in [0.25, 0.3) is 0 Å². The Kier molecular flexibility index (Phi) is 6.38. The van der Waals surface area contributed by atoms with Gasteiger partial charge >= 0.3 is 12.6 Å². The zero-order chi connectivity index (χ0) is 22.6. The number of ether oxygens (including phenoxy) is 3. The predicted octanol–water partition coefficient (Wildman–Crippen LogP) is 3.50. The number of amides is 3. The van der Waals surface area contributed by atoms with Gasteiger partial charge in [0.25, 0.3) is 5.91 Å². The summed E-state index contributed by atoms with van der Waals surface area (Å²) in [5.74, 6) is 0.371. The SMILES string of the molecule is CCOc1ccc(/C=N\N2C(=O)N[C@@](C)(c3ccc(OC(F)F)cc3)C2=O)cc1OC. The minimum Gasteiger partial charge on any atom is -0.493 e. The largest absolute Gasteiger partial charge is 0.493 e. The molecule has 0 radical (unpaired) electrons. The van der Waals surface area contributed by atoms with Crippen LogP contribution >= 0.6 is 0 Å². The van der Waals surface area contributed by atoms with Crippen LogP contribution in [-0.4, -0.2) is 43.5 Å². The Morgan fingerprint density at radius 3 is 2.48 bits per heavy atom. The number of alkyl halides is 2. The molecule has 1 aliphatic rings. The zero-order valence-electron chi connectivity index (χ0n) is 17.1. The van der Waals surface area contributed by atoms with Crippen molar-refractivity contribution in [2.45, 2.75) is 26.0 Å². The number of nitrogens with one attached hydrogen (secondary N) is 1. The molecule has 0 aliphatic carbocycles. The van der Waals surface area contributed by atoms with E-state index in [9.17, 15) is 18.4 Å². The molecular formula is C21H21F2N3O5. The maximum atomic E-state index is 12.9. The fourth-order valence-corrected chi connectivity index (χ4v) is 3.06. The lowest BCUT2D eigenvalue weighted by molar-refractivity contribution is -0.131. The van der Waals surface area contributed by atoms with Crippen molar-refractivity contribution in [2.24, 2.45) is 5.10 Å². The molecule has 1 aliphatic heterocycles. The molecule has 2 aromatic rings. The summed E-state index contributed by atoms with van der Waals surface area (Å²) in [5.41, 5.74) is -0.426. The van der Waals surface area contributed by atoms with Crippen LogP contribution in [0.15, 0.2) is 47.6 Å². The number of nitrogens with zero attached hydrogens (tertiary/aromatic N) is 2. The van der Waals surface area contributed by atoms with E-state index in [2.05, 4.69) is 15.2 Å². The first kappa shape index (κ1) is 22.0. The van der Waals surface area contributed by atoms with Crippen LogP contribution in [0.5, 0.6) is 17.2 Å². The summed E-state index contributed by atoms with van der Waals surface area (Å²) in [6.07, 6.45) is 1.35. The van der Waals surface area contributed by atoms with Gasteiger partial charge in [-0.2, -0.15) is 13.9 Å². The van der Waals surface area contributed by atoms with Gasteiger partial charge in [0.15, 0.2) is 11.5 Å². The summed E-state index contributed by atoms with van der Waals surface area (Å²) in [6, 6.07) is 9.80. The smallest absolute Gasteiger partial charge is 0.387 e. The summed E-state index contributed by atoms with van der Waals surface area (Å²) in [5, 5.41) is 7.31. The molecule has 3 rings (SSSR count). The van der Waals surface area contributed by atoms with Crippen molar-refractivity contribution in [2.75, 3.05) is 13.7 Å². The lowest BCUT2D eigenvalue weighted by atomic mass is 9.92. The van der Waals surface area contributed by atoms with E-state index in [4.69, 9.17) is 9.47 Å². The lowest BCUT2D eigenvalue weighted by Crippen LogP contribution is -2.40. The van der Waals surface area contributed by atoms with Gasteiger partial charge in [0.2, 0.25) is 0 Å². The lowest BCUT2D eigenvalue weighted by Gasteiger charge is -2.21. The second kappa shape index (κ2) is 8.99. The molecule has 0 spiro atoms. The maximum Gasteiger partial charge on any atom is 0.387 e. The Morgan fingerprint density at radius 1 is 1.16 bits per heavy atom. The number of urea groups is 1. The molecular weight excluding hydrogens is 412 g/mol. The van der Waals surface area contributed by atoms with Gasteiger partial charge in [-0.25, -0.2) is 4.79 Å². The number of hydrogen-bond acceptors (Lipinski definition) is 6. The third kappa shape index (κ3) is 4.57. The molecule has 8 nitrogen and oxygen atoms in total. The van der Waals surface area contributed by atoms with Crippen LogP contribution in [0.4, 0.5) is 13.6 Å². The van der Waals surface area contributed by atoms with Crippen molar-refractivity contribution >= 4 is 18.2 Å².